The molecular weight excluding hydrogens is 332 g/mol. The van der Waals surface area contributed by atoms with Gasteiger partial charge in [0.25, 0.3) is 11.8 Å². The molecule has 2 N–H and O–H groups in total. The molecule has 1 aromatic carbocycles. The molecule has 134 valence electrons. The fourth-order valence-corrected chi connectivity index (χ4v) is 2.55. The minimum Gasteiger partial charge on any atom is -0.354 e. The van der Waals surface area contributed by atoms with Crippen LogP contribution < -0.4 is 10.6 Å². The quantitative estimate of drug-likeness (QED) is 0.702. The van der Waals surface area contributed by atoms with Gasteiger partial charge in [-0.1, -0.05) is 30.3 Å². The van der Waals surface area contributed by atoms with Crippen LogP contribution in [0.1, 0.15) is 26.5 Å². The van der Waals surface area contributed by atoms with Crippen molar-refractivity contribution in [3.05, 3.63) is 65.7 Å². The minimum absolute atomic E-state index is 0.159. The molecule has 26 heavy (non-hydrogen) atoms. The number of nitrogens with zero attached hydrogens (tertiary/aromatic N) is 4. The Balaban J connectivity index is 1.66. The Hall–Kier alpha value is -3.42. The predicted molar refractivity (Wildman–Crippen MR) is 96.9 cm³/mol. The van der Waals surface area contributed by atoms with Crippen LogP contribution in [0.4, 0.5) is 5.69 Å². The summed E-state index contributed by atoms with van der Waals surface area (Å²) >= 11 is 0. The van der Waals surface area contributed by atoms with Gasteiger partial charge in [-0.05, 0) is 18.1 Å². The number of amides is 2. The molecule has 0 saturated heterocycles. The number of carbonyl (C=O) groups is 2. The summed E-state index contributed by atoms with van der Waals surface area (Å²) in [5.74, 6) is -0.754. The molecule has 3 rings (SSSR count). The van der Waals surface area contributed by atoms with Crippen molar-refractivity contribution >= 4 is 17.5 Å². The minimum atomic E-state index is -0.387. The maximum atomic E-state index is 12.4. The lowest BCUT2D eigenvalue weighted by molar-refractivity contribution is 0.0958. The number of aromatic nitrogens is 4. The summed E-state index contributed by atoms with van der Waals surface area (Å²) in [5.41, 5.74) is 1.99. The van der Waals surface area contributed by atoms with Crippen LogP contribution in [0.2, 0.25) is 0 Å². The second-order valence-corrected chi connectivity index (χ2v) is 5.80. The first kappa shape index (κ1) is 17.4. The summed E-state index contributed by atoms with van der Waals surface area (Å²) in [4.78, 5) is 24.3. The van der Waals surface area contributed by atoms with Gasteiger partial charge < -0.3 is 10.6 Å². The van der Waals surface area contributed by atoms with Crippen LogP contribution in [0.25, 0.3) is 0 Å². The van der Waals surface area contributed by atoms with Crippen LogP contribution in [-0.4, -0.2) is 38.4 Å². The van der Waals surface area contributed by atoms with Gasteiger partial charge in [0.05, 0.1) is 5.69 Å². The summed E-state index contributed by atoms with van der Waals surface area (Å²) in [6.45, 7) is 0.674. The van der Waals surface area contributed by atoms with Crippen molar-refractivity contribution in [1.82, 2.24) is 24.9 Å². The molecule has 8 heteroatoms. The summed E-state index contributed by atoms with van der Waals surface area (Å²) in [6.07, 6.45) is 4.17. The lowest BCUT2D eigenvalue weighted by Crippen LogP contribution is -2.21. The zero-order valence-electron chi connectivity index (χ0n) is 14.6. The Morgan fingerprint density at radius 1 is 1.08 bits per heavy atom. The smallest absolute Gasteiger partial charge is 0.276 e. The van der Waals surface area contributed by atoms with Crippen LogP contribution in [0, 0.1) is 0 Å². The highest BCUT2D eigenvalue weighted by atomic mass is 16.2. The van der Waals surface area contributed by atoms with E-state index in [0.29, 0.717) is 12.2 Å². The summed E-state index contributed by atoms with van der Waals surface area (Å²) in [6, 6.07) is 11.7. The predicted octanol–water partition coefficient (Wildman–Crippen LogP) is 1.47. The second kappa shape index (κ2) is 7.64. The van der Waals surface area contributed by atoms with Crippen LogP contribution in [0.5, 0.6) is 0 Å². The van der Waals surface area contributed by atoms with Crippen molar-refractivity contribution in [3.8, 4) is 0 Å². The average molecular weight is 352 g/mol. The molecule has 8 nitrogen and oxygen atoms in total. The molecule has 0 saturated carbocycles. The van der Waals surface area contributed by atoms with Crippen molar-refractivity contribution in [2.24, 2.45) is 7.05 Å². The van der Waals surface area contributed by atoms with Crippen molar-refractivity contribution in [3.63, 3.8) is 0 Å². The van der Waals surface area contributed by atoms with Crippen LogP contribution >= 0.6 is 0 Å². The van der Waals surface area contributed by atoms with Crippen LogP contribution in [-0.2, 0) is 20.0 Å². The molecule has 0 bridgehead atoms. The number of nitrogens with one attached hydrogen (secondary N) is 2. The lowest BCUT2D eigenvalue weighted by Gasteiger charge is -2.03. The molecule has 0 atom stereocenters. The summed E-state index contributed by atoms with van der Waals surface area (Å²) in [7, 11) is 3.19. The van der Waals surface area contributed by atoms with Gasteiger partial charge in [0.2, 0.25) is 0 Å². The highest BCUT2D eigenvalue weighted by molar-refractivity contribution is 6.07. The Kier molecular flexibility index (Phi) is 5.12. The maximum Gasteiger partial charge on any atom is 0.276 e. The van der Waals surface area contributed by atoms with Crippen molar-refractivity contribution in [1.29, 1.82) is 0 Å². The third kappa shape index (κ3) is 3.97. The number of aryl methyl sites for hydroxylation is 3. The fraction of sp³-hybridized carbons (Fsp3) is 0.222. The number of carbonyl (C=O) groups excluding carboxylic acids is 2. The lowest BCUT2D eigenvalue weighted by atomic mass is 10.2. The molecule has 2 aromatic heterocycles. The number of benzene rings is 1. The Bertz CT molecular complexity index is 913. The molecule has 3 aromatic rings. The van der Waals surface area contributed by atoms with E-state index in [2.05, 4.69) is 33.0 Å². The van der Waals surface area contributed by atoms with E-state index < -0.39 is 0 Å². The standard InChI is InChI=1S/C18H20N6O2/c1-19-18(26)16-15(12-23(2)22-16)20-17(25)14-9-11-24(21-14)10-8-13-6-4-3-5-7-13/h3-7,9,11-12H,8,10H2,1-2H3,(H,19,26)(H,20,25). The molecule has 0 fully saturated rings. The van der Waals surface area contributed by atoms with Crippen LogP contribution in [0.3, 0.4) is 0 Å². The largest absolute Gasteiger partial charge is 0.354 e. The van der Waals surface area contributed by atoms with E-state index in [4.69, 9.17) is 0 Å². The van der Waals surface area contributed by atoms with E-state index in [0.717, 1.165) is 6.42 Å². The van der Waals surface area contributed by atoms with Gasteiger partial charge in [-0.15, -0.1) is 0 Å². The fourth-order valence-electron chi connectivity index (χ4n) is 2.55. The van der Waals surface area contributed by atoms with Gasteiger partial charge in [0.1, 0.15) is 0 Å². The van der Waals surface area contributed by atoms with E-state index in [9.17, 15) is 9.59 Å². The molecule has 2 heterocycles. The van der Waals surface area contributed by atoms with E-state index >= 15 is 0 Å². The highest BCUT2D eigenvalue weighted by Gasteiger charge is 2.18. The third-order valence-corrected chi connectivity index (χ3v) is 3.86. The second-order valence-electron chi connectivity index (χ2n) is 5.80. The highest BCUT2D eigenvalue weighted by Crippen LogP contribution is 2.14. The monoisotopic (exact) mass is 352 g/mol. The molecular formula is C18H20N6O2. The van der Waals surface area contributed by atoms with Crippen molar-refractivity contribution in [2.75, 3.05) is 12.4 Å². The molecule has 0 aliphatic rings. The zero-order valence-corrected chi connectivity index (χ0v) is 14.6. The Morgan fingerprint density at radius 2 is 1.85 bits per heavy atom. The summed E-state index contributed by atoms with van der Waals surface area (Å²) in [5, 5.41) is 13.6. The first-order chi connectivity index (χ1) is 12.6. The first-order valence-corrected chi connectivity index (χ1v) is 8.21. The van der Waals surface area contributed by atoms with E-state index in [1.54, 1.807) is 30.2 Å². The van der Waals surface area contributed by atoms with E-state index in [1.165, 1.54) is 17.3 Å². The molecule has 0 aliphatic heterocycles. The van der Waals surface area contributed by atoms with Gasteiger partial charge >= 0.3 is 0 Å². The number of hydrogen-bond donors (Lipinski definition) is 2. The number of rotatable bonds is 6. The van der Waals surface area contributed by atoms with Gasteiger partial charge in [-0.3, -0.25) is 19.0 Å². The van der Waals surface area contributed by atoms with Gasteiger partial charge in [0.15, 0.2) is 11.4 Å². The molecule has 2 amide bonds. The zero-order chi connectivity index (χ0) is 18.5. The van der Waals surface area contributed by atoms with E-state index in [-0.39, 0.29) is 23.2 Å². The van der Waals surface area contributed by atoms with E-state index in [1.807, 2.05) is 18.2 Å². The number of anilines is 1. The molecule has 0 spiro atoms. The van der Waals surface area contributed by atoms with Crippen LogP contribution in [0.15, 0.2) is 48.8 Å². The Labute approximate surface area is 150 Å². The van der Waals surface area contributed by atoms with Crippen molar-refractivity contribution < 1.29 is 9.59 Å². The summed E-state index contributed by atoms with van der Waals surface area (Å²) < 4.78 is 3.20. The molecule has 0 unspecified atom stereocenters. The van der Waals surface area contributed by atoms with Crippen molar-refractivity contribution in [2.45, 2.75) is 13.0 Å². The average Bonchev–Trinajstić information content (AvgIpc) is 3.27. The normalized spacial score (nSPS) is 10.5. The molecule has 0 aliphatic carbocycles. The topological polar surface area (TPSA) is 93.8 Å². The van der Waals surface area contributed by atoms with Gasteiger partial charge in [0, 0.05) is 33.0 Å². The third-order valence-electron chi connectivity index (χ3n) is 3.86. The number of hydrogen-bond acceptors (Lipinski definition) is 4. The Morgan fingerprint density at radius 3 is 2.58 bits per heavy atom. The first-order valence-electron chi connectivity index (χ1n) is 8.21. The van der Waals surface area contributed by atoms with Gasteiger partial charge in [-0.25, -0.2) is 0 Å². The van der Waals surface area contributed by atoms with Gasteiger partial charge in [-0.2, -0.15) is 10.2 Å². The molecule has 0 radical (unpaired) electrons. The maximum absolute atomic E-state index is 12.4. The SMILES string of the molecule is CNC(=O)c1nn(C)cc1NC(=O)c1ccn(CCc2ccccc2)n1.